The molecule has 0 aliphatic carbocycles. The molecule has 1 aliphatic rings. The van der Waals surface area contributed by atoms with Gasteiger partial charge in [-0.05, 0) is 53.6 Å². The highest BCUT2D eigenvalue weighted by Crippen LogP contribution is 2.33. The van der Waals surface area contributed by atoms with E-state index in [-0.39, 0.29) is 23.1 Å². The number of ketones is 1. The quantitative estimate of drug-likeness (QED) is 0.318. The van der Waals surface area contributed by atoms with E-state index in [0.29, 0.717) is 52.4 Å². The van der Waals surface area contributed by atoms with Gasteiger partial charge in [0.15, 0.2) is 17.3 Å². The van der Waals surface area contributed by atoms with E-state index in [1.54, 1.807) is 60.7 Å². The number of rotatable bonds is 6. The minimum absolute atomic E-state index is 0.0496. The minimum Gasteiger partial charge on any atom is -0.486 e. The van der Waals surface area contributed by atoms with Gasteiger partial charge < -0.3 is 14.6 Å². The second kappa shape index (κ2) is 9.37. The van der Waals surface area contributed by atoms with Crippen molar-refractivity contribution < 1.29 is 24.2 Å². The van der Waals surface area contributed by atoms with Crippen molar-refractivity contribution >= 4 is 40.1 Å². The lowest BCUT2D eigenvalue weighted by molar-refractivity contribution is -0.130. The molecular weight excluding hydrogens is 466 g/mol. The van der Waals surface area contributed by atoms with Crippen LogP contribution >= 0.6 is 11.7 Å². The van der Waals surface area contributed by atoms with Crippen LogP contribution in [-0.2, 0) is 11.2 Å². The molecule has 0 bridgehead atoms. The smallest absolute Gasteiger partial charge is 0.336 e. The van der Waals surface area contributed by atoms with Gasteiger partial charge in [0.1, 0.15) is 24.2 Å². The van der Waals surface area contributed by atoms with Crippen LogP contribution in [0.5, 0.6) is 11.5 Å². The van der Waals surface area contributed by atoms with Crippen molar-refractivity contribution in [2.75, 3.05) is 13.2 Å². The molecule has 3 aromatic carbocycles. The third-order valence-corrected chi connectivity index (χ3v) is 6.16. The van der Waals surface area contributed by atoms with Gasteiger partial charge in [0.25, 0.3) is 0 Å². The summed E-state index contributed by atoms with van der Waals surface area (Å²) >= 11 is 1.03. The molecule has 1 aliphatic heterocycles. The number of allylic oxidation sites excluding steroid dienone is 1. The maximum Gasteiger partial charge on any atom is 0.336 e. The molecule has 2 heterocycles. The lowest BCUT2D eigenvalue weighted by atomic mass is 9.89. The van der Waals surface area contributed by atoms with E-state index in [1.807, 2.05) is 0 Å². The summed E-state index contributed by atoms with van der Waals surface area (Å²) in [6, 6.07) is 18.5. The fourth-order valence-corrected chi connectivity index (χ4v) is 4.42. The SMILES string of the molecule is N#Cc1ccc(CC(C(=O)c2ccc3c(c2)OCCO3)=C(C(=O)O)c2ccc3nsnc3c2)cc1. The standard InChI is InChI=1S/C26H17N3O5S/c27-14-16-3-1-15(2-4-16)11-19(25(30)18-6-8-22-23(13-18)34-10-9-33-22)24(26(31)32)17-5-7-20-21(12-17)29-35-28-20/h1-8,12-13H,9-11H2,(H,31,32). The number of ether oxygens (including phenoxy) is 2. The van der Waals surface area contributed by atoms with Crippen molar-refractivity contribution in [3.8, 4) is 17.6 Å². The van der Waals surface area contributed by atoms with Crippen LogP contribution < -0.4 is 9.47 Å². The summed E-state index contributed by atoms with van der Waals surface area (Å²) in [5.74, 6) is -0.709. The van der Waals surface area contributed by atoms with Crippen LogP contribution in [0.2, 0.25) is 0 Å². The average Bonchev–Trinajstić information content (AvgIpc) is 3.36. The Morgan fingerprint density at radius 1 is 0.914 bits per heavy atom. The first-order valence-electron chi connectivity index (χ1n) is 10.7. The van der Waals surface area contributed by atoms with Gasteiger partial charge in [-0.3, -0.25) is 4.79 Å². The molecule has 0 saturated heterocycles. The molecule has 1 aromatic heterocycles. The summed E-state index contributed by atoms with van der Waals surface area (Å²) in [5, 5.41) is 19.3. The molecule has 5 rings (SSSR count). The number of carboxylic acids is 1. The second-order valence-electron chi connectivity index (χ2n) is 7.80. The molecule has 1 N–H and O–H groups in total. The largest absolute Gasteiger partial charge is 0.486 e. The molecule has 4 aromatic rings. The minimum atomic E-state index is -1.23. The summed E-state index contributed by atoms with van der Waals surface area (Å²) in [6.07, 6.45) is 0.0496. The molecule has 0 amide bonds. The van der Waals surface area contributed by atoms with E-state index < -0.39 is 11.8 Å². The van der Waals surface area contributed by atoms with Gasteiger partial charge in [-0.2, -0.15) is 14.0 Å². The molecule has 0 saturated carbocycles. The number of fused-ring (bicyclic) bond motifs is 2. The fraction of sp³-hybridized carbons (Fsp3) is 0.115. The molecule has 8 nitrogen and oxygen atoms in total. The van der Waals surface area contributed by atoms with Gasteiger partial charge >= 0.3 is 5.97 Å². The van der Waals surface area contributed by atoms with Crippen LogP contribution in [0.1, 0.15) is 27.0 Å². The van der Waals surface area contributed by atoms with E-state index in [1.165, 1.54) is 0 Å². The van der Waals surface area contributed by atoms with Crippen LogP contribution in [0.3, 0.4) is 0 Å². The third-order valence-electron chi connectivity index (χ3n) is 5.60. The molecule has 0 unspecified atom stereocenters. The average molecular weight is 484 g/mol. The predicted octanol–water partition coefficient (Wildman–Crippen LogP) is 4.30. The molecule has 0 atom stereocenters. The number of carbonyl (C=O) groups excluding carboxylic acids is 1. The Balaban J connectivity index is 1.66. The van der Waals surface area contributed by atoms with E-state index in [9.17, 15) is 14.7 Å². The number of aromatic nitrogens is 2. The van der Waals surface area contributed by atoms with Gasteiger partial charge in [0.05, 0.1) is 28.9 Å². The summed E-state index contributed by atoms with van der Waals surface area (Å²) < 4.78 is 19.5. The first-order chi connectivity index (χ1) is 17.0. The number of aliphatic carboxylic acids is 1. The van der Waals surface area contributed by atoms with Crippen molar-refractivity contribution in [2.24, 2.45) is 0 Å². The second-order valence-corrected chi connectivity index (χ2v) is 8.33. The molecule has 0 spiro atoms. The Bertz CT molecular complexity index is 1530. The number of benzene rings is 3. The predicted molar refractivity (Wildman–Crippen MR) is 129 cm³/mol. The first kappa shape index (κ1) is 22.3. The Kier molecular flexibility index (Phi) is 5.95. The molecule has 9 heteroatoms. The zero-order valence-electron chi connectivity index (χ0n) is 18.2. The van der Waals surface area contributed by atoms with Gasteiger partial charge in [0.2, 0.25) is 0 Å². The van der Waals surface area contributed by atoms with Crippen LogP contribution in [0, 0.1) is 11.3 Å². The molecular formula is C26H17N3O5S. The Labute approximate surface area is 204 Å². The van der Waals surface area contributed by atoms with Crippen molar-refractivity contribution in [1.29, 1.82) is 5.26 Å². The van der Waals surface area contributed by atoms with Crippen molar-refractivity contribution in [3.05, 3.63) is 88.5 Å². The van der Waals surface area contributed by atoms with Gasteiger partial charge in [-0.15, -0.1) is 0 Å². The van der Waals surface area contributed by atoms with Crippen molar-refractivity contribution in [1.82, 2.24) is 8.75 Å². The Morgan fingerprint density at radius 3 is 2.37 bits per heavy atom. The van der Waals surface area contributed by atoms with Crippen LogP contribution in [0.25, 0.3) is 16.6 Å². The molecule has 172 valence electrons. The van der Waals surface area contributed by atoms with Crippen molar-refractivity contribution in [3.63, 3.8) is 0 Å². The fourth-order valence-electron chi connectivity index (χ4n) is 3.91. The molecule has 0 fully saturated rings. The summed E-state index contributed by atoms with van der Waals surface area (Å²) in [5.41, 5.74) is 2.98. The summed E-state index contributed by atoms with van der Waals surface area (Å²) in [6.45, 7) is 0.780. The highest BCUT2D eigenvalue weighted by molar-refractivity contribution is 7.00. The first-order valence-corrected chi connectivity index (χ1v) is 11.4. The highest BCUT2D eigenvalue weighted by Gasteiger charge is 2.25. The number of nitriles is 1. The highest BCUT2D eigenvalue weighted by atomic mass is 32.1. The number of carbonyl (C=O) groups is 2. The normalized spacial score (nSPS) is 13.1. The number of hydrogen-bond acceptors (Lipinski definition) is 8. The van der Waals surface area contributed by atoms with Gasteiger partial charge in [-0.1, -0.05) is 18.2 Å². The zero-order valence-corrected chi connectivity index (χ0v) is 19.0. The monoisotopic (exact) mass is 483 g/mol. The number of nitrogens with zero attached hydrogens (tertiary/aromatic N) is 3. The van der Waals surface area contributed by atoms with E-state index in [4.69, 9.17) is 14.7 Å². The van der Waals surface area contributed by atoms with E-state index in [0.717, 1.165) is 11.7 Å². The van der Waals surface area contributed by atoms with Crippen LogP contribution in [-0.4, -0.2) is 38.8 Å². The molecule has 35 heavy (non-hydrogen) atoms. The number of Topliss-reactive ketones (excluding diaryl/α,β-unsaturated/α-hetero) is 1. The van der Waals surface area contributed by atoms with E-state index in [2.05, 4.69) is 14.8 Å². The van der Waals surface area contributed by atoms with Gasteiger partial charge in [-0.25, -0.2) is 4.79 Å². The van der Waals surface area contributed by atoms with E-state index >= 15 is 0 Å². The van der Waals surface area contributed by atoms with Crippen LogP contribution in [0.4, 0.5) is 0 Å². The third kappa shape index (κ3) is 4.47. The lowest BCUT2D eigenvalue weighted by Crippen LogP contribution is -2.17. The maximum absolute atomic E-state index is 13.8. The summed E-state index contributed by atoms with van der Waals surface area (Å²) in [4.78, 5) is 26.3. The Morgan fingerprint density at radius 2 is 1.63 bits per heavy atom. The molecule has 0 radical (unpaired) electrons. The Hall–Kier alpha value is -4.55. The summed E-state index contributed by atoms with van der Waals surface area (Å²) in [7, 11) is 0. The zero-order chi connectivity index (χ0) is 24.4. The topological polar surface area (TPSA) is 122 Å². The number of hydrogen-bond donors (Lipinski definition) is 1. The maximum atomic E-state index is 13.8. The van der Waals surface area contributed by atoms with Crippen LogP contribution in [0.15, 0.2) is 66.2 Å². The van der Waals surface area contributed by atoms with Crippen molar-refractivity contribution in [2.45, 2.75) is 6.42 Å². The van der Waals surface area contributed by atoms with Gasteiger partial charge in [0, 0.05) is 17.6 Å². The lowest BCUT2D eigenvalue weighted by Gasteiger charge is -2.19. The number of carboxylic acid groups (broad SMARTS) is 1.